The van der Waals surface area contributed by atoms with E-state index in [9.17, 15) is 0 Å². The van der Waals surface area contributed by atoms with Crippen molar-refractivity contribution in [3.8, 4) is 0 Å². The molecule has 2 aliphatic rings. The molecule has 2 rings (SSSR count). The molecule has 0 amide bonds. The van der Waals surface area contributed by atoms with E-state index in [4.69, 9.17) is 15.2 Å². The molecule has 2 aliphatic heterocycles. The van der Waals surface area contributed by atoms with Crippen LogP contribution in [0.2, 0.25) is 0 Å². The van der Waals surface area contributed by atoms with Gasteiger partial charge < -0.3 is 15.2 Å². The maximum absolute atomic E-state index is 6.24. The maximum atomic E-state index is 6.24. The molecule has 0 radical (unpaired) electrons. The predicted molar refractivity (Wildman–Crippen MR) is 67.8 cm³/mol. The van der Waals surface area contributed by atoms with E-state index in [-0.39, 0.29) is 5.60 Å². The standard InChI is InChI=1S/C12H23NO2S/c1-16-9-11(13)10-2-5-15-12(8-10)3-6-14-7-4-12/h10-11H,2-9,13H2,1H3. The molecule has 0 bridgehead atoms. The van der Waals surface area contributed by atoms with E-state index in [1.807, 2.05) is 11.8 Å². The van der Waals surface area contributed by atoms with Gasteiger partial charge in [-0.25, -0.2) is 0 Å². The summed E-state index contributed by atoms with van der Waals surface area (Å²) in [6.07, 6.45) is 6.50. The third kappa shape index (κ3) is 2.92. The third-order valence-corrected chi connectivity index (χ3v) is 4.62. The van der Waals surface area contributed by atoms with E-state index in [0.29, 0.717) is 12.0 Å². The number of rotatable bonds is 3. The molecule has 3 nitrogen and oxygen atoms in total. The smallest absolute Gasteiger partial charge is 0.0729 e. The molecule has 94 valence electrons. The Hall–Kier alpha value is 0.230. The lowest BCUT2D eigenvalue weighted by Gasteiger charge is -2.44. The molecule has 2 N–H and O–H groups in total. The summed E-state index contributed by atoms with van der Waals surface area (Å²) in [6, 6.07) is 0.332. The van der Waals surface area contributed by atoms with Crippen LogP contribution in [0.15, 0.2) is 0 Å². The van der Waals surface area contributed by atoms with Crippen LogP contribution in [0.25, 0.3) is 0 Å². The highest BCUT2D eigenvalue weighted by molar-refractivity contribution is 7.98. The zero-order valence-corrected chi connectivity index (χ0v) is 10.9. The van der Waals surface area contributed by atoms with E-state index < -0.39 is 0 Å². The van der Waals surface area contributed by atoms with Crippen LogP contribution < -0.4 is 5.73 Å². The average Bonchev–Trinajstić information content (AvgIpc) is 2.30. The largest absolute Gasteiger partial charge is 0.381 e. The molecule has 4 heteroatoms. The molecule has 0 aromatic carbocycles. The van der Waals surface area contributed by atoms with Crippen molar-refractivity contribution in [1.82, 2.24) is 0 Å². The predicted octanol–water partition coefficient (Wildman–Crippen LogP) is 1.65. The Bertz CT molecular complexity index is 214. The molecule has 0 aliphatic carbocycles. The van der Waals surface area contributed by atoms with Gasteiger partial charge in [-0.05, 0) is 37.9 Å². The van der Waals surface area contributed by atoms with Crippen molar-refractivity contribution < 1.29 is 9.47 Å². The lowest BCUT2D eigenvalue weighted by Crippen LogP contribution is -2.48. The zero-order chi connectivity index (χ0) is 11.4. The number of nitrogens with two attached hydrogens (primary N) is 1. The molecule has 0 aromatic rings. The Morgan fingerprint density at radius 2 is 2.12 bits per heavy atom. The normalized spacial score (nSPS) is 31.5. The Kier molecular flexibility index (Phi) is 4.53. The second-order valence-corrected chi connectivity index (χ2v) is 5.93. The van der Waals surface area contributed by atoms with Gasteiger partial charge in [0.25, 0.3) is 0 Å². The molecule has 2 atom stereocenters. The van der Waals surface area contributed by atoms with Gasteiger partial charge in [-0.15, -0.1) is 0 Å². The highest BCUT2D eigenvalue weighted by atomic mass is 32.2. The second kappa shape index (κ2) is 5.71. The highest BCUT2D eigenvalue weighted by Crippen LogP contribution is 2.38. The van der Waals surface area contributed by atoms with Gasteiger partial charge in [0.05, 0.1) is 5.60 Å². The minimum atomic E-state index is 0.0944. The molecule has 16 heavy (non-hydrogen) atoms. The van der Waals surface area contributed by atoms with E-state index in [1.54, 1.807) is 0 Å². The number of hydrogen-bond donors (Lipinski definition) is 1. The summed E-state index contributed by atoms with van der Waals surface area (Å²) in [5.41, 5.74) is 6.34. The average molecular weight is 245 g/mol. The monoisotopic (exact) mass is 245 g/mol. The van der Waals surface area contributed by atoms with Crippen molar-refractivity contribution in [2.45, 2.75) is 37.3 Å². The fourth-order valence-electron chi connectivity index (χ4n) is 2.85. The van der Waals surface area contributed by atoms with Crippen molar-refractivity contribution in [3.63, 3.8) is 0 Å². The van der Waals surface area contributed by atoms with Gasteiger partial charge in [0, 0.05) is 31.6 Å². The molecular weight excluding hydrogens is 222 g/mol. The van der Waals surface area contributed by atoms with Crippen LogP contribution in [0.3, 0.4) is 0 Å². The van der Waals surface area contributed by atoms with Gasteiger partial charge in [0.2, 0.25) is 0 Å². The van der Waals surface area contributed by atoms with E-state index in [0.717, 1.165) is 51.3 Å². The van der Waals surface area contributed by atoms with Gasteiger partial charge in [0.15, 0.2) is 0 Å². The Balaban J connectivity index is 1.92. The summed E-state index contributed by atoms with van der Waals surface area (Å²) >= 11 is 1.85. The van der Waals surface area contributed by atoms with Crippen LogP contribution in [-0.4, -0.2) is 43.5 Å². The SMILES string of the molecule is CSCC(N)C1CCOC2(CCOCC2)C1. The first-order valence-electron chi connectivity index (χ1n) is 6.22. The molecule has 2 fully saturated rings. The third-order valence-electron chi connectivity index (χ3n) is 3.90. The molecule has 2 unspecified atom stereocenters. The lowest BCUT2D eigenvalue weighted by molar-refractivity contribution is -0.148. The van der Waals surface area contributed by atoms with Crippen molar-refractivity contribution in [2.24, 2.45) is 11.7 Å². The van der Waals surface area contributed by atoms with E-state index in [1.165, 1.54) is 0 Å². The Labute approximate surface area is 102 Å². The quantitative estimate of drug-likeness (QED) is 0.821. The second-order valence-electron chi connectivity index (χ2n) is 5.02. The van der Waals surface area contributed by atoms with Gasteiger partial charge in [-0.3, -0.25) is 0 Å². The number of thioether (sulfide) groups is 1. The molecule has 2 saturated heterocycles. The number of hydrogen-bond acceptors (Lipinski definition) is 4. The van der Waals surface area contributed by atoms with Gasteiger partial charge in [-0.2, -0.15) is 11.8 Å². The summed E-state index contributed by atoms with van der Waals surface area (Å²) in [7, 11) is 0. The van der Waals surface area contributed by atoms with Crippen molar-refractivity contribution in [2.75, 3.05) is 31.8 Å². The van der Waals surface area contributed by atoms with Crippen molar-refractivity contribution in [1.29, 1.82) is 0 Å². The van der Waals surface area contributed by atoms with Crippen LogP contribution in [0.5, 0.6) is 0 Å². The van der Waals surface area contributed by atoms with Crippen LogP contribution >= 0.6 is 11.8 Å². The molecule has 2 heterocycles. The van der Waals surface area contributed by atoms with Gasteiger partial charge in [-0.1, -0.05) is 0 Å². The summed E-state index contributed by atoms with van der Waals surface area (Å²) in [6.45, 7) is 2.59. The van der Waals surface area contributed by atoms with Crippen LogP contribution in [0.1, 0.15) is 25.7 Å². The number of ether oxygens (including phenoxy) is 2. The minimum Gasteiger partial charge on any atom is -0.381 e. The summed E-state index contributed by atoms with van der Waals surface area (Å²) in [4.78, 5) is 0. The zero-order valence-electron chi connectivity index (χ0n) is 10.1. The van der Waals surface area contributed by atoms with Crippen molar-refractivity contribution in [3.05, 3.63) is 0 Å². The van der Waals surface area contributed by atoms with Crippen LogP contribution in [0, 0.1) is 5.92 Å². The van der Waals surface area contributed by atoms with E-state index >= 15 is 0 Å². The van der Waals surface area contributed by atoms with Crippen LogP contribution in [0.4, 0.5) is 0 Å². The van der Waals surface area contributed by atoms with E-state index in [2.05, 4.69) is 6.26 Å². The topological polar surface area (TPSA) is 44.5 Å². The molecule has 1 spiro atoms. The molecule has 0 saturated carbocycles. The van der Waals surface area contributed by atoms with Gasteiger partial charge >= 0.3 is 0 Å². The first-order chi connectivity index (χ1) is 7.76. The molecule has 0 aromatic heterocycles. The molecular formula is C12H23NO2S. The first-order valence-corrected chi connectivity index (χ1v) is 7.61. The summed E-state index contributed by atoms with van der Waals surface area (Å²) in [5, 5.41) is 0. The Morgan fingerprint density at radius 1 is 1.38 bits per heavy atom. The first kappa shape index (κ1) is 12.7. The summed E-state index contributed by atoms with van der Waals surface area (Å²) < 4.78 is 11.4. The minimum absolute atomic E-state index is 0.0944. The fourth-order valence-corrected chi connectivity index (χ4v) is 3.51. The lowest BCUT2D eigenvalue weighted by atomic mass is 9.78. The maximum Gasteiger partial charge on any atom is 0.0729 e. The summed E-state index contributed by atoms with van der Waals surface area (Å²) in [5.74, 6) is 1.70. The van der Waals surface area contributed by atoms with Gasteiger partial charge in [0.1, 0.15) is 0 Å². The highest BCUT2D eigenvalue weighted by Gasteiger charge is 2.40. The fraction of sp³-hybridized carbons (Fsp3) is 1.00. The van der Waals surface area contributed by atoms with Crippen LogP contribution in [-0.2, 0) is 9.47 Å². The van der Waals surface area contributed by atoms with Crippen molar-refractivity contribution >= 4 is 11.8 Å². The Morgan fingerprint density at radius 3 is 2.81 bits per heavy atom.